The number of alkyl halides is 2. The number of amides is 1. The van der Waals surface area contributed by atoms with Gasteiger partial charge in [0.1, 0.15) is 12.4 Å². The molecule has 0 aliphatic heterocycles. The Morgan fingerprint density at radius 2 is 1.82 bits per heavy atom. The minimum absolute atomic E-state index is 0.0110. The summed E-state index contributed by atoms with van der Waals surface area (Å²) in [6, 6.07) is 15.9. The Balaban J connectivity index is 0.000000285. The molecule has 0 aromatic heterocycles. The van der Waals surface area contributed by atoms with E-state index in [4.69, 9.17) is 4.74 Å². The Morgan fingerprint density at radius 3 is 2.52 bits per heavy atom. The number of unbranched alkanes of at least 4 members (excludes halogenated alkanes) is 1. The normalized spacial score (nSPS) is 13.7. The van der Waals surface area contributed by atoms with Crippen LogP contribution in [0, 0.1) is 16.0 Å². The van der Waals surface area contributed by atoms with Crippen molar-refractivity contribution < 1.29 is 28.2 Å². The van der Waals surface area contributed by atoms with E-state index in [2.05, 4.69) is 29.2 Å². The molecule has 1 aliphatic carbocycles. The largest absolute Gasteiger partial charge is 0.487 e. The smallest absolute Gasteiger partial charge is 0.299 e. The fourth-order valence-corrected chi connectivity index (χ4v) is 4.08. The van der Waals surface area contributed by atoms with Gasteiger partial charge in [-0.2, -0.15) is 8.78 Å². The fraction of sp³-hybridized carbons (Fsp3) is 0.452. The first-order valence-corrected chi connectivity index (χ1v) is 13.8. The summed E-state index contributed by atoms with van der Waals surface area (Å²) < 4.78 is 32.2. The van der Waals surface area contributed by atoms with Gasteiger partial charge in [-0.15, -0.1) is 10.1 Å². The molecule has 3 rings (SSSR count). The molecule has 0 unspecified atom stereocenters. The highest BCUT2D eigenvalue weighted by atomic mass is 19.3. The predicted molar refractivity (Wildman–Crippen MR) is 151 cm³/mol. The number of carbonyl (C=O) groups is 1. The van der Waals surface area contributed by atoms with Crippen molar-refractivity contribution in [2.45, 2.75) is 77.4 Å². The summed E-state index contributed by atoms with van der Waals surface area (Å²) in [6.45, 7) is 1.81. The third-order valence-electron chi connectivity index (χ3n) is 6.18. The molecule has 0 atom stereocenters. The van der Waals surface area contributed by atoms with Crippen molar-refractivity contribution in [2.24, 2.45) is 5.92 Å². The Morgan fingerprint density at radius 1 is 1.10 bits per heavy atom. The third-order valence-corrected chi connectivity index (χ3v) is 6.18. The standard InChI is InChI=1S/C16H22N2O4.C15H18F2O/c1-2-3-4-5-6-10-16(19)17-12-14-8-7-9-15(11-14)13-22-18(20)21;16-15(17,11-10-13-6-4-5-7-13)12-18-14-8-2-1-3-9-14/h3-4,7-9,11H,2,5-6,10,12-13H2,1H3,(H,17,19);1-3,8-11,13H,4-7,12H2/b4-3-;11-10+. The van der Waals surface area contributed by atoms with E-state index in [-0.39, 0.29) is 12.5 Å². The van der Waals surface area contributed by atoms with Crippen LogP contribution in [0.1, 0.15) is 69.4 Å². The van der Waals surface area contributed by atoms with Crippen LogP contribution >= 0.6 is 0 Å². The van der Waals surface area contributed by atoms with Gasteiger partial charge in [-0.3, -0.25) is 4.79 Å². The molecule has 0 bridgehead atoms. The van der Waals surface area contributed by atoms with Gasteiger partial charge in [-0.1, -0.05) is 80.5 Å². The topological polar surface area (TPSA) is 90.7 Å². The summed E-state index contributed by atoms with van der Waals surface area (Å²) in [5.74, 6) is -2.07. The molecule has 2 aromatic rings. The minimum Gasteiger partial charge on any atom is -0.487 e. The van der Waals surface area contributed by atoms with Crippen LogP contribution in [-0.4, -0.2) is 23.5 Å². The summed E-state index contributed by atoms with van der Waals surface area (Å²) in [6.07, 6.45) is 14.5. The second kappa shape index (κ2) is 18.5. The molecule has 1 saturated carbocycles. The van der Waals surface area contributed by atoms with E-state index in [0.717, 1.165) is 56.6 Å². The lowest BCUT2D eigenvalue weighted by Crippen LogP contribution is -2.23. The lowest BCUT2D eigenvalue weighted by molar-refractivity contribution is -0.763. The van der Waals surface area contributed by atoms with Crippen molar-refractivity contribution in [1.29, 1.82) is 0 Å². The van der Waals surface area contributed by atoms with Crippen LogP contribution in [0.2, 0.25) is 0 Å². The van der Waals surface area contributed by atoms with Gasteiger partial charge in [0.2, 0.25) is 5.91 Å². The van der Waals surface area contributed by atoms with E-state index in [1.165, 1.54) is 0 Å². The van der Waals surface area contributed by atoms with Crippen LogP contribution in [0.3, 0.4) is 0 Å². The van der Waals surface area contributed by atoms with E-state index in [1.807, 2.05) is 12.1 Å². The molecular formula is C31H40F2N2O5. The molecule has 1 aliphatic rings. The molecule has 0 spiro atoms. The van der Waals surface area contributed by atoms with E-state index in [0.29, 0.717) is 30.2 Å². The fourth-order valence-electron chi connectivity index (χ4n) is 4.08. The zero-order chi connectivity index (χ0) is 29.1. The van der Waals surface area contributed by atoms with Gasteiger partial charge in [-0.25, -0.2) is 0 Å². The first-order chi connectivity index (χ1) is 19.3. The van der Waals surface area contributed by atoms with Crippen molar-refractivity contribution in [2.75, 3.05) is 6.61 Å². The Labute approximate surface area is 235 Å². The molecule has 2 aromatic carbocycles. The van der Waals surface area contributed by atoms with Crippen LogP contribution in [0.25, 0.3) is 0 Å². The molecule has 218 valence electrons. The second-order valence-corrected chi connectivity index (χ2v) is 9.63. The van der Waals surface area contributed by atoms with Gasteiger partial charge in [0, 0.05) is 13.0 Å². The number of hydrogen-bond acceptors (Lipinski definition) is 5. The number of nitrogens with zero attached hydrogens (tertiary/aromatic N) is 1. The first-order valence-electron chi connectivity index (χ1n) is 13.8. The summed E-state index contributed by atoms with van der Waals surface area (Å²) >= 11 is 0. The lowest BCUT2D eigenvalue weighted by atomic mass is 10.1. The molecule has 40 heavy (non-hydrogen) atoms. The number of nitrogens with one attached hydrogen (secondary N) is 1. The Hall–Kier alpha value is -3.75. The summed E-state index contributed by atoms with van der Waals surface area (Å²) in [4.78, 5) is 26.2. The van der Waals surface area contributed by atoms with Crippen molar-refractivity contribution in [3.05, 3.63) is 100 Å². The maximum absolute atomic E-state index is 13.6. The highest BCUT2D eigenvalue weighted by Gasteiger charge is 2.27. The monoisotopic (exact) mass is 558 g/mol. The van der Waals surface area contributed by atoms with Gasteiger partial charge in [0.05, 0.1) is 0 Å². The van der Waals surface area contributed by atoms with Gasteiger partial charge >= 0.3 is 0 Å². The number of halogens is 2. The van der Waals surface area contributed by atoms with Gasteiger partial charge < -0.3 is 14.9 Å². The number of ether oxygens (including phenoxy) is 1. The SMILES string of the molecule is CC/C=C\CCCC(=O)NCc1cccc(CO[N+](=O)[O-])c1.FC(F)(/C=C/C1CCCC1)COc1ccccc1. The van der Waals surface area contributed by atoms with E-state index < -0.39 is 17.6 Å². The molecule has 0 heterocycles. The molecule has 1 fully saturated rings. The van der Waals surface area contributed by atoms with Crippen molar-refractivity contribution in [3.8, 4) is 5.75 Å². The molecular weight excluding hydrogens is 518 g/mol. The molecule has 0 saturated heterocycles. The molecule has 1 N–H and O–H groups in total. The number of rotatable bonds is 15. The summed E-state index contributed by atoms with van der Waals surface area (Å²) in [5, 5.41) is 12.2. The Bertz CT molecular complexity index is 1070. The lowest BCUT2D eigenvalue weighted by Gasteiger charge is -2.14. The van der Waals surface area contributed by atoms with E-state index in [9.17, 15) is 23.7 Å². The van der Waals surface area contributed by atoms with Gasteiger partial charge in [-0.05, 0) is 67.4 Å². The average Bonchev–Trinajstić information content (AvgIpc) is 3.48. The second-order valence-electron chi connectivity index (χ2n) is 9.63. The van der Waals surface area contributed by atoms with Gasteiger partial charge in [0.25, 0.3) is 11.0 Å². The van der Waals surface area contributed by atoms with Crippen molar-refractivity contribution in [1.82, 2.24) is 5.32 Å². The molecule has 1 amide bonds. The number of para-hydroxylation sites is 1. The molecule has 7 nitrogen and oxygen atoms in total. The first kappa shape index (κ1) is 32.5. The van der Waals surface area contributed by atoms with Crippen LogP contribution in [0.15, 0.2) is 78.9 Å². The predicted octanol–water partition coefficient (Wildman–Crippen LogP) is 7.59. The molecule has 0 radical (unpaired) electrons. The summed E-state index contributed by atoms with van der Waals surface area (Å²) in [5.41, 5.74) is 1.59. The third kappa shape index (κ3) is 15.0. The summed E-state index contributed by atoms with van der Waals surface area (Å²) in [7, 11) is 0. The van der Waals surface area contributed by atoms with E-state index in [1.54, 1.807) is 48.5 Å². The molecule has 9 heteroatoms. The number of allylic oxidation sites excluding steroid dienone is 3. The zero-order valence-corrected chi connectivity index (χ0v) is 23.1. The van der Waals surface area contributed by atoms with E-state index >= 15 is 0 Å². The average molecular weight is 559 g/mol. The maximum Gasteiger partial charge on any atom is 0.299 e. The van der Waals surface area contributed by atoms with Gasteiger partial charge in [0.15, 0.2) is 6.61 Å². The Kier molecular flexibility index (Phi) is 15.0. The maximum atomic E-state index is 13.6. The quantitative estimate of drug-likeness (QED) is 0.105. The zero-order valence-electron chi connectivity index (χ0n) is 23.1. The number of carbonyl (C=O) groups excluding carboxylic acids is 1. The highest BCUT2D eigenvalue weighted by molar-refractivity contribution is 5.75. The van der Waals surface area contributed by atoms with Crippen molar-refractivity contribution >= 4 is 5.91 Å². The van der Waals surface area contributed by atoms with Crippen molar-refractivity contribution in [3.63, 3.8) is 0 Å². The number of hydrogen-bond donors (Lipinski definition) is 1. The van der Waals surface area contributed by atoms with Crippen LogP contribution in [0.4, 0.5) is 8.78 Å². The number of benzene rings is 2. The van der Waals surface area contributed by atoms with Crippen LogP contribution in [-0.2, 0) is 22.8 Å². The van der Waals surface area contributed by atoms with Crippen LogP contribution in [0.5, 0.6) is 5.75 Å². The minimum atomic E-state index is -2.89. The highest BCUT2D eigenvalue weighted by Crippen LogP contribution is 2.28. The van der Waals surface area contributed by atoms with Crippen LogP contribution < -0.4 is 10.1 Å².